The van der Waals surface area contributed by atoms with E-state index in [2.05, 4.69) is 17.4 Å². The van der Waals surface area contributed by atoms with Gasteiger partial charge in [0.25, 0.3) is 5.91 Å². The highest BCUT2D eigenvalue weighted by Gasteiger charge is 2.15. The van der Waals surface area contributed by atoms with Crippen LogP contribution in [0, 0.1) is 6.92 Å². The number of nitrogens with one attached hydrogen (secondary N) is 1. The minimum atomic E-state index is -0.159. The highest BCUT2D eigenvalue weighted by Crippen LogP contribution is 2.34. The molecule has 0 bridgehead atoms. The standard InChI is InChI=1S/C21H23NO2S/c1-15-13-19(25-18-5-3-2-4-6-18)11-12-20(15)22-21(24)17-9-7-16(14-23)8-10-17/h7-14,18H,2-6H2,1H3,(H,22,24). The molecule has 1 N–H and O–H groups in total. The molecule has 0 heterocycles. The molecule has 25 heavy (non-hydrogen) atoms. The Bertz CT molecular complexity index is 749. The molecule has 0 unspecified atom stereocenters. The van der Waals surface area contributed by atoms with Gasteiger partial charge in [0.1, 0.15) is 6.29 Å². The van der Waals surface area contributed by atoms with E-state index in [0.717, 1.165) is 22.8 Å². The van der Waals surface area contributed by atoms with E-state index >= 15 is 0 Å². The van der Waals surface area contributed by atoms with Crippen LogP contribution in [0.2, 0.25) is 0 Å². The summed E-state index contributed by atoms with van der Waals surface area (Å²) in [4.78, 5) is 24.3. The minimum absolute atomic E-state index is 0.159. The van der Waals surface area contributed by atoms with E-state index in [0.29, 0.717) is 11.1 Å². The third-order valence-electron chi connectivity index (χ3n) is 4.61. The number of benzene rings is 2. The lowest BCUT2D eigenvalue weighted by atomic mass is 10.0. The van der Waals surface area contributed by atoms with Crippen LogP contribution < -0.4 is 5.32 Å². The van der Waals surface area contributed by atoms with E-state index in [1.807, 2.05) is 24.8 Å². The van der Waals surface area contributed by atoms with Crippen LogP contribution in [0.4, 0.5) is 5.69 Å². The molecule has 1 aliphatic rings. The Morgan fingerprint density at radius 3 is 2.44 bits per heavy atom. The number of amides is 1. The predicted molar refractivity (Wildman–Crippen MR) is 104 cm³/mol. The molecule has 4 heteroatoms. The smallest absolute Gasteiger partial charge is 0.255 e. The molecule has 0 aliphatic heterocycles. The number of rotatable bonds is 5. The molecule has 0 radical (unpaired) electrons. The minimum Gasteiger partial charge on any atom is -0.322 e. The molecule has 3 rings (SSSR count). The Hall–Kier alpha value is -2.07. The van der Waals surface area contributed by atoms with Gasteiger partial charge in [-0.25, -0.2) is 0 Å². The van der Waals surface area contributed by atoms with Crippen molar-refractivity contribution in [2.24, 2.45) is 0 Å². The molecule has 2 aromatic carbocycles. The highest BCUT2D eigenvalue weighted by molar-refractivity contribution is 8.00. The number of hydrogen-bond donors (Lipinski definition) is 1. The highest BCUT2D eigenvalue weighted by atomic mass is 32.2. The molecule has 1 fully saturated rings. The van der Waals surface area contributed by atoms with Crippen LogP contribution in [-0.4, -0.2) is 17.4 Å². The van der Waals surface area contributed by atoms with Crippen LogP contribution in [0.1, 0.15) is 58.4 Å². The van der Waals surface area contributed by atoms with Crippen molar-refractivity contribution in [1.29, 1.82) is 0 Å². The van der Waals surface area contributed by atoms with Gasteiger partial charge in [-0.15, -0.1) is 11.8 Å². The maximum absolute atomic E-state index is 12.4. The van der Waals surface area contributed by atoms with Gasteiger partial charge in [-0.1, -0.05) is 31.4 Å². The van der Waals surface area contributed by atoms with Gasteiger partial charge in [0.15, 0.2) is 0 Å². The molecule has 0 atom stereocenters. The number of aldehydes is 1. The maximum Gasteiger partial charge on any atom is 0.255 e. The Morgan fingerprint density at radius 1 is 1.08 bits per heavy atom. The zero-order chi connectivity index (χ0) is 17.6. The summed E-state index contributed by atoms with van der Waals surface area (Å²) in [5, 5.41) is 3.69. The zero-order valence-electron chi connectivity index (χ0n) is 14.5. The summed E-state index contributed by atoms with van der Waals surface area (Å²) in [5.41, 5.74) is 3.01. The second kappa shape index (κ2) is 8.34. The Morgan fingerprint density at radius 2 is 1.80 bits per heavy atom. The van der Waals surface area contributed by atoms with Crippen molar-refractivity contribution >= 4 is 29.6 Å². The monoisotopic (exact) mass is 353 g/mol. The average Bonchev–Trinajstić information content (AvgIpc) is 2.65. The normalized spacial score (nSPS) is 14.9. The molecule has 130 valence electrons. The molecular formula is C21H23NO2S. The molecule has 1 amide bonds. The maximum atomic E-state index is 12.4. The number of carbonyl (C=O) groups excluding carboxylic acids is 2. The summed E-state index contributed by atoms with van der Waals surface area (Å²) in [5.74, 6) is -0.159. The van der Waals surface area contributed by atoms with Gasteiger partial charge in [-0.3, -0.25) is 9.59 Å². The summed E-state index contributed by atoms with van der Waals surface area (Å²) in [7, 11) is 0. The van der Waals surface area contributed by atoms with E-state index in [9.17, 15) is 9.59 Å². The topological polar surface area (TPSA) is 46.2 Å². The Kier molecular flexibility index (Phi) is 5.92. The number of anilines is 1. The van der Waals surface area contributed by atoms with Gasteiger partial charge in [0, 0.05) is 27.0 Å². The summed E-state index contributed by atoms with van der Waals surface area (Å²) in [6, 6.07) is 12.9. The lowest BCUT2D eigenvalue weighted by Gasteiger charge is -2.21. The first-order valence-corrected chi connectivity index (χ1v) is 9.67. The number of hydrogen-bond acceptors (Lipinski definition) is 3. The fourth-order valence-corrected chi connectivity index (χ4v) is 4.48. The lowest BCUT2D eigenvalue weighted by Crippen LogP contribution is -2.13. The van der Waals surface area contributed by atoms with Gasteiger partial charge >= 0.3 is 0 Å². The number of carbonyl (C=O) groups is 2. The zero-order valence-corrected chi connectivity index (χ0v) is 15.3. The summed E-state index contributed by atoms with van der Waals surface area (Å²) >= 11 is 1.96. The second-order valence-corrected chi connectivity index (χ2v) is 7.92. The van der Waals surface area contributed by atoms with E-state index in [1.165, 1.54) is 37.0 Å². The van der Waals surface area contributed by atoms with Crippen LogP contribution >= 0.6 is 11.8 Å². The van der Waals surface area contributed by atoms with Crippen LogP contribution in [0.5, 0.6) is 0 Å². The van der Waals surface area contributed by atoms with E-state index < -0.39 is 0 Å². The van der Waals surface area contributed by atoms with Gasteiger partial charge in [-0.2, -0.15) is 0 Å². The first-order valence-electron chi connectivity index (χ1n) is 8.79. The van der Waals surface area contributed by atoms with Crippen molar-refractivity contribution in [1.82, 2.24) is 0 Å². The van der Waals surface area contributed by atoms with Crippen LogP contribution in [0.15, 0.2) is 47.4 Å². The molecule has 1 saturated carbocycles. The van der Waals surface area contributed by atoms with Crippen molar-refractivity contribution in [3.05, 3.63) is 59.2 Å². The molecular weight excluding hydrogens is 330 g/mol. The first kappa shape index (κ1) is 17.7. The molecule has 0 saturated heterocycles. The quantitative estimate of drug-likeness (QED) is 0.724. The lowest BCUT2D eigenvalue weighted by molar-refractivity contribution is 0.102. The SMILES string of the molecule is Cc1cc(SC2CCCCC2)ccc1NC(=O)c1ccc(C=O)cc1. The van der Waals surface area contributed by atoms with Crippen molar-refractivity contribution in [3.8, 4) is 0 Å². The second-order valence-electron chi connectivity index (χ2n) is 6.55. The Balaban J connectivity index is 1.65. The van der Waals surface area contributed by atoms with E-state index in [-0.39, 0.29) is 5.91 Å². The molecule has 2 aromatic rings. The van der Waals surface area contributed by atoms with Crippen molar-refractivity contribution in [2.75, 3.05) is 5.32 Å². The average molecular weight is 353 g/mol. The van der Waals surface area contributed by atoms with Crippen LogP contribution in [-0.2, 0) is 0 Å². The largest absolute Gasteiger partial charge is 0.322 e. The third kappa shape index (κ3) is 4.73. The van der Waals surface area contributed by atoms with Crippen LogP contribution in [0.3, 0.4) is 0 Å². The van der Waals surface area contributed by atoms with Gasteiger partial charge in [-0.05, 0) is 55.7 Å². The number of aryl methyl sites for hydroxylation is 1. The fraction of sp³-hybridized carbons (Fsp3) is 0.333. The van der Waals surface area contributed by atoms with Gasteiger partial charge < -0.3 is 5.32 Å². The Labute approximate surface area is 153 Å². The van der Waals surface area contributed by atoms with Gasteiger partial charge in [0.05, 0.1) is 0 Å². The first-order chi connectivity index (χ1) is 12.2. The van der Waals surface area contributed by atoms with Crippen molar-refractivity contribution in [2.45, 2.75) is 49.2 Å². The van der Waals surface area contributed by atoms with Gasteiger partial charge in [0.2, 0.25) is 0 Å². The van der Waals surface area contributed by atoms with Crippen LogP contribution in [0.25, 0.3) is 0 Å². The fourth-order valence-electron chi connectivity index (χ4n) is 3.13. The third-order valence-corrected chi connectivity index (χ3v) is 5.94. The number of thioether (sulfide) groups is 1. The van der Waals surface area contributed by atoms with E-state index in [4.69, 9.17) is 0 Å². The van der Waals surface area contributed by atoms with Crippen molar-refractivity contribution in [3.63, 3.8) is 0 Å². The predicted octanol–water partition coefficient (Wildman–Crippen LogP) is 5.48. The van der Waals surface area contributed by atoms with Crippen molar-refractivity contribution < 1.29 is 9.59 Å². The molecule has 1 aliphatic carbocycles. The summed E-state index contributed by atoms with van der Waals surface area (Å²) in [6.07, 6.45) is 7.43. The summed E-state index contributed by atoms with van der Waals surface area (Å²) in [6.45, 7) is 2.02. The summed E-state index contributed by atoms with van der Waals surface area (Å²) < 4.78 is 0. The molecule has 0 aromatic heterocycles. The molecule has 3 nitrogen and oxygen atoms in total. The van der Waals surface area contributed by atoms with E-state index in [1.54, 1.807) is 24.3 Å². The molecule has 0 spiro atoms.